The largest absolute Gasteiger partial charge is 0.374 e. The van der Waals surface area contributed by atoms with Crippen molar-refractivity contribution < 1.29 is 4.74 Å². The van der Waals surface area contributed by atoms with Gasteiger partial charge in [-0.05, 0) is 43.9 Å². The van der Waals surface area contributed by atoms with Crippen LogP contribution >= 0.6 is 11.3 Å². The summed E-state index contributed by atoms with van der Waals surface area (Å²) in [7, 11) is 1.83. The number of aromatic nitrogens is 1. The zero-order valence-electron chi connectivity index (χ0n) is 12.8. The first-order valence-corrected chi connectivity index (χ1v) is 8.73. The lowest BCUT2D eigenvalue weighted by atomic mass is 10.1. The molecule has 1 aromatic rings. The van der Waals surface area contributed by atoms with Gasteiger partial charge in [0.1, 0.15) is 11.1 Å². The predicted octanol–water partition coefficient (Wildman–Crippen LogP) is 3.69. The third-order valence-electron chi connectivity index (χ3n) is 4.07. The molecular weight excluding hydrogens is 268 g/mol. The molecule has 112 valence electrons. The van der Waals surface area contributed by atoms with E-state index >= 15 is 0 Å². The second-order valence-corrected chi connectivity index (χ2v) is 7.78. The van der Waals surface area contributed by atoms with E-state index in [0.717, 1.165) is 19.0 Å². The number of nitrogens with one attached hydrogen (secondary N) is 1. The summed E-state index contributed by atoms with van der Waals surface area (Å²) in [4.78, 5) is 6.37. The molecule has 2 aliphatic carbocycles. The van der Waals surface area contributed by atoms with Gasteiger partial charge in [0.2, 0.25) is 0 Å². The monoisotopic (exact) mass is 294 g/mol. The average Bonchev–Trinajstić information content (AvgIpc) is 3.28. The topological polar surface area (TPSA) is 34.1 Å². The molecule has 2 saturated carbocycles. The van der Waals surface area contributed by atoms with E-state index in [0.29, 0.717) is 11.8 Å². The molecule has 0 spiro atoms. The molecule has 0 aromatic carbocycles. The molecule has 1 aromatic heterocycles. The Labute approximate surface area is 126 Å². The summed E-state index contributed by atoms with van der Waals surface area (Å²) in [6.07, 6.45) is 6.60. The van der Waals surface area contributed by atoms with Crippen LogP contribution in [0.3, 0.4) is 0 Å². The fraction of sp³-hybridized carbons (Fsp3) is 0.812. The minimum absolute atomic E-state index is 0.237. The summed E-state index contributed by atoms with van der Waals surface area (Å²) in [5.74, 6) is 1.37. The number of hydrogen-bond acceptors (Lipinski definition) is 4. The number of nitrogens with zero attached hydrogens (tertiary/aromatic N) is 1. The van der Waals surface area contributed by atoms with Crippen molar-refractivity contribution in [2.75, 3.05) is 7.11 Å². The highest BCUT2D eigenvalue weighted by Gasteiger charge is 2.35. The maximum Gasteiger partial charge on any atom is 0.122 e. The van der Waals surface area contributed by atoms with Crippen LogP contribution in [0.25, 0.3) is 0 Å². The Bertz CT molecular complexity index is 449. The van der Waals surface area contributed by atoms with Gasteiger partial charge in [0, 0.05) is 24.6 Å². The SMILES string of the molecule is COC(c1nc(CC(C)C)c(CNC2CC2)s1)C1CC1. The lowest BCUT2D eigenvalue weighted by molar-refractivity contribution is 0.0842. The lowest BCUT2D eigenvalue weighted by Crippen LogP contribution is -2.15. The van der Waals surface area contributed by atoms with E-state index in [1.807, 2.05) is 18.4 Å². The third kappa shape index (κ3) is 3.60. The van der Waals surface area contributed by atoms with Crippen molar-refractivity contribution in [2.24, 2.45) is 11.8 Å². The number of thiazole rings is 1. The molecule has 0 saturated heterocycles. The van der Waals surface area contributed by atoms with Gasteiger partial charge in [0.15, 0.2) is 0 Å². The molecule has 3 rings (SSSR count). The van der Waals surface area contributed by atoms with Crippen molar-refractivity contribution in [3.8, 4) is 0 Å². The van der Waals surface area contributed by atoms with Crippen LogP contribution in [0.15, 0.2) is 0 Å². The molecule has 0 bridgehead atoms. The van der Waals surface area contributed by atoms with E-state index < -0.39 is 0 Å². The molecule has 3 nitrogen and oxygen atoms in total. The Morgan fingerprint density at radius 2 is 2.05 bits per heavy atom. The van der Waals surface area contributed by atoms with Crippen LogP contribution in [0.5, 0.6) is 0 Å². The van der Waals surface area contributed by atoms with Crippen LogP contribution in [0.1, 0.15) is 61.2 Å². The van der Waals surface area contributed by atoms with Gasteiger partial charge >= 0.3 is 0 Å². The minimum Gasteiger partial charge on any atom is -0.374 e. The summed E-state index contributed by atoms with van der Waals surface area (Å²) >= 11 is 1.87. The molecule has 1 N–H and O–H groups in total. The highest BCUT2D eigenvalue weighted by Crippen LogP contribution is 2.44. The molecule has 0 aliphatic heterocycles. The summed E-state index contributed by atoms with van der Waals surface area (Å²) in [5, 5.41) is 4.84. The fourth-order valence-electron chi connectivity index (χ4n) is 2.63. The highest BCUT2D eigenvalue weighted by atomic mass is 32.1. The Morgan fingerprint density at radius 1 is 1.30 bits per heavy atom. The normalized spacial score (nSPS) is 20.6. The van der Waals surface area contributed by atoms with E-state index in [1.54, 1.807) is 0 Å². The highest BCUT2D eigenvalue weighted by molar-refractivity contribution is 7.11. The third-order valence-corrected chi connectivity index (χ3v) is 5.23. The van der Waals surface area contributed by atoms with E-state index in [-0.39, 0.29) is 6.10 Å². The summed E-state index contributed by atoms with van der Waals surface area (Å²) in [6.45, 7) is 5.53. The van der Waals surface area contributed by atoms with Crippen molar-refractivity contribution in [1.82, 2.24) is 10.3 Å². The van der Waals surface area contributed by atoms with Gasteiger partial charge in [-0.25, -0.2) is 4.98 Å². The van der Waals surface area contributed by atoms with Crippen molar-refractivity contribution in [3.63, 3.8) is 0 Å². The molecule has 0 radical (unpaired) electrons. The zero-order chi connectivity index (χ0) is 14.1. The van der Waals surface area contributed by atoms with Crippen LogP contribution in [-0.2, 0) is 17.7 Å². The van der Waals surface area contributed by atoms with Crippen LogP contribution < -0.4 is 5.32 Å². The second kappa shape index (κ2) is 6.12. The van der Waals surface area contributed by atoms with Gasteiger partial charge in [-0.2, -0.15) is 0 Å². The molecule has 0 amide bonds. The number of rotatable bonds is 8. The predicted molar refractivity (Wildman–Crippen MR) is 83.0 cm³/mol. The van der Waals surface area contributed by atoms with Crippen LogP contribution in [0, 0.1) is 11.8 Å². The van der Waals surface area contributed by atoms with Crippen molar-refractivity contribution in [3.05, 3.63) is 15.6 Å². The maximum absolute atomic E-state index is 5.70. The Balaban J connectivity index is 1.75. The summed E-state index contributed by atoms with van der Waals surface area (Å²) in [6, 6.07) is 0.758. The van der Waals surface area contributed by atoms with Gasteiger partial charge in [0.05, 0.1) is 5.69 Å². The lowest BCUT2D eigenvalue weighted by Gasteiger charge is -2.10. The first-order chi connectivity index (χ1) is 9.67. The first-order valence-electron chi connectivity index (χ1n) is 7.92. The average molecular weight is 294 g/mol. The standard InChI is InChI=1S/C16H26N2OS/c1-10(2)8-13-14(9-17-12-6-7-12)20-16(18-13)15(19-3)11-4-5-11/h10-12,15,17H,4-9H2,1-3H3. The molecule has 20 heavy (non-hydrogen) atoms. The Morgan fingerprint density at radius 3 is 2.60 bits per heavy atom. The molecule has 4 heteroatoms. The fourth-order valence-corrected chi connectivity index (χ4v) is 3.84. The van der Waals surface area contributed by atoms with Crippen molar-refractivity contribution in [2.45, 2.75) is 64.6 Å². The van der Waals surface area contributed by atoms with Gasteiger partial charge in [-0.1, -0.05) is 13.8 Å². The molecule has 1 heterocycles. The maximum atomic E-state index is 5.70. The number of ether oxygens (including phenoxy) is 1. The molecule has 2 fully saturated rings. The van der Waals surface area contributed by atoms with E-state index in [4.69, 9.17) is 9.72 Å². The van der Waals surface area contributed by atoms with Gasteiger partial charge in [0.25, 0.3) is 0 Å². The summed E-state index contributed by atoms with van der Waals surface area (Å²) in [5.41, 5.74) is 1.30. The van der Waals surface area contributed by atoms with Gasteiger partial charge in [-0.15, -0.1) is 11.3 Å². The van der Waals surface area contributed by atoms with E-state index in [2.05, 4.69) is 19.2 Å². The molecular formula is C16H26N2OS. The van der Waals surface area contributed by atoms with Gasteiger partial charge in [-0.3, -0.25) is 0 Å². The smallest absolute Gasteiger partial charge is 0.122 e. The summed E-state index contributed by atoms with van der Waals surface area (Å²) < 4.78 is 5.70. The molecule has 1 atom stereocenters. The van der Waals surface area contributed by atoms with E-state index in [1.165, 1.54) is 41.3 Å². The molecule has 2 aliphatic rings. The Kier molecular flexibility index (Phi) is 4.43. The number of hydrogen-bond donors (Lipinski definition) is 1. The van der Waals surface area contributed by atoms with Crippen LogP contribution in [0.4, 0.5) is 0 Å². The Hall–Kier alpha value is -0.450. The van der Waals surface area contributed by atoms with Crippen LogP contribution in [-0.4, -0.2) is 18.1 Å². The second-order valence-electron chi connectivity index (χ2n) is 6.67. The van der Waals surface area contributed by atoms with Crippen LogP contribution in [0.2, 0.25) is 0 Å². The quantitative estimate of drug-likeness (QED) is 0.794. The van der Waals surface area contributed by atoms with Crippen molar-refractivity contribution in [1.29, 1.82) is 0 Å². The molecule has 1 unspecified atom stereocenters. The first kappa shape index (κ1) is 14.5. The number of methoxy groups -OCH3 is 1. The zero-order valence-corrected chi connectivity index (χ0v) is 13.6. The van der Waals surface area contributed by atoms with Crippen molar-refractivity contribution >= 4 is 11.3 Å². The van der Waals surface area contributed by atoms with Gasteiger partial charge < -0.3 is 10.1 Å². The minimum atomic E-state index is 0.237. The van der Waals surface area contributed by atoms with E-state index in [9.17, 15) is 0 Å².